The lowest BCUT2D eigenvalue weighted by Crippen LogP contribution is -2.46. The molecule has 1 aromatic carbocycles. The number of hydrogen-bond acceptors (Lipinski definition) is 4. The molecular formula is C23H32N4O. The standard InChI is InChI=1S/C23H32N4O/c1-4-5-6-11-25-23(28)21-17-20(10-12-24-21)26-13-15-27(16-14-26)22-9-7-8-18(2)19(22)3/h7-10,12,17H,4-6,11,13-16H2,1-3H3,(H,25,28). The van der Waals surface area contributed by atoms with Crippen LogP contribution in [0.3, 0.4) is 0 Å². The number of carbonyl (C=O) groups excluding carboxylic acids is 1. The maximum Gasteiger partial charge on any atom is 0.269 e. The highest BCUT2D eigenvalue weighted by atomic mass is 16.1. The molecule has 0 unspecified atom stereocenters. The molecule has 0 saturated carbocycles. The summed E-state index contributed by atoms with van der Waals surface area (Å²) in [6.07, 6.45) is 5.05. The van der Waals surface area contributed by atoms with Crippen molar-refractivity contribution in [3.05, 3.63) is 53.3 Å². The zero-order chi connectivity index (χ0) is 19.9. The highest BCUT2D eigenvalue weighted by Gasteiger charge is 2.20. The molecule has 1 aliphatic heterocycles. The Bertz CT molecular complexity index is 797. The topological polar surface area (TPSA) is 48.5 Å². The predicted octanol–water partition coefficient (Wildman–Crippen LogP) is 3.95. The predicted molar refractivity (Wildman–Crippen MR) is 116 cm³/mol. The lowest BCUT2D eigenvalue weighted by molar-refractivity contribution is 0.0948. The number of anilines is 2. The lowest BCUT2D eigenvalue weighted by atomic mass is 10.1. The molecule has 1 aromatic heterocycles. The van der Waals surface area contributed by atoms with E-state index in [1.807, 2.05) is 12.1 Å². The third kappa shape index (κ3) is 4.83. The number of aromatic nitrogens is 1. The van der Waals surface area contributed by atoms with Crippen molar-refractivity contribution in [1.29, 1.82) is 0 Å². The third-order valence-corrected chi connectivity index (χ3v) is 5.60. The SMILES string of the molecule is CCCCCNC(=O)c1cc(N2CCN(c3cccc(C)c3C)CC2)ccn1. The first kappa shape index (κ1) is 20.2. The van der Waals surface area contributed by atoms with E-state index < -0.39 is 0 Å². The third-order valence-electron chi connectivity index (χ3n) is 5.60. The Morgan fingerprint density at radius 2 is 1.82 bits per heavy atom. The van der Waals surface area contributed by atoms with Crippen LogP contribution in [0.25, 0.3) is 0 Å². The Morgan fingerprint density at radius 1 is 1.07 bits per heavy atom. The van der Waals surface area contributed by atoms with Crippen molar-refractivity contribution < 1.29 is 4.79 Å². The molecule has 0 atom stereocenters. The van der Waals surface area contributed by atoms with Gasteiger partial charge in [0.25, 0.3) is 5.91 Å². The number of benzene rings is 1. The molecule has 3 rings (SSSR count). The highest BCUT2D eigenvalue weighted by Crippen LogP contribution is 2.25. The van der Waals surface area contributed by atoms with Crippen molar-refractivity contribution in [2.24, 2.45) is 0 Å². The molecule has 1 aliphatic rings. The van der Waals surface area contributed by atoms with Gasteiger partial charge in [-0.3, -0.25) is 9.78 Å². The van der Waals surface area contributed by atoms with Crippen LogP contribution in [-0.2, 0) is 0 Å². The Kier molecular flexibility index (Phi) is 6.90. The van der Waals surface area contributed by atoms with Crippen molar-refractivity contribution in [3.8, 4) is 0 Å². The van der Waals surface area contributed by atoms with Gasteiger partial charge >= 0.3 is 0 Å². The molecule has 28 heavy (non-hydrogen) atoms. The van der Waals surface area contributed by atoms with Crippen LogP contribution < -0.4 is 15.1 Å². The van der Waals surface area contributed by atoms with E-state index in [2.05, 4.69) is 59.1 Å². The summed E-state index contributed by atoms with van der Waals surface area (Å²) in [7, 11) is 0. The summed E-state index contributed by atoms with van der Waals surface area (Å²) in [6.45, 7) is 11.1. The van der Waals surface area contributed by atoms with Crippen molar-refractivity contribution in [2.75, 3.05) is 42.5 Å². The van der Waals surface area contributed by atoms with Gasteiger partial charge in [0, 0.05) is 50.3 Å². The number of pyridine rings is 1. The Morgan fingerprint density at radius 3 is 2.57 bits per heavy atom. The van der Waals surface area contributed by atoms with Gasteiger partial charge in [-0.05, 0) is 49.6 Å². The van der Waals surface area contributed by atoms with Crippen LogP contribution in [0.15, 0.2) is 36.5 Å². The molecular weight excluding hydrogens is 348 g/mol. The molecule has 0 radical (unpaired) electrons. The molecule has 5 heteroatoms. The fourth-order valence-corrected chi connectivity index (χ4v) is 3.69. The first-order chi connectivity index (χ1) is 13.6. The summed E-state index contributed by atoms with van der Waals surface area (Å²) >= 11 is 0. The number of hydrogen-bond donors (Lipinski definition) is 1. The van der Waals surface area contributed by atoms with Crippen molar-refractivity contribution in [2.45, 2.75) is 40.0 Å². The minimum Gasteiger partial charge on any atom is -0.368 e. The van der Waals surface area contributed by atoms with E-state index in [1.54, 1.807) is 6.20 Å². The van der Waals surface area contributed by atoms with Gasteiger partial charge in [-0.2, -0.15) is 0 Å². The van der Waals surface area contributed by atoms with Gasteiger partial charge in [0.2, 0.25) is 0 Å². The number of nitrogens with zero attached hydrogens (tertiary/aromatic N) is 3. The zero-order valence-corrected chi connectivity index (χ0v) is 17.4. The van der Waals surface area contributed by atoms with Crippen molar-refractivity contribution in [3.63, 3.8) is 0 Å². The van der Waals surface area contributed by atoms with Crippen molar-refractivity contribution >= 4 is 17.3 Å². The fraction of sp³-hybridized carbons (Fsp3) is 0.478. The summed E-state index contributed by atoms with van der Waals surface area (Å²) in [4.78, 5) is 21.4. The van der Waals surface area contributed by atoms with Crippen molar-refractivity contribution in [1.82, 2.24) is 10.3 Å². The van der Waals surface area contributed by atoms with Gasteiger partial charge < -0.3 is 15.1 Å². The number of aryl methyl sites for hydroxylation is 1. The van der Waals surface area contributed by atoms with Gasteiger partial charge in [-0.25, -0.2) is 0 Å². The van der Waals surface area contributed by atoms with Crippen LogP contribution in [0.5, 0.6) is 0 Å². The van der Waals surface area contributed by atoms with Crippen LogP contribution in [0.1, 0.15) is 47.8 Å². The van der Waals surface area contributed by atoms with E-state index in [1.165, 1.54) is 16.8 Å². The molecule has 0 bridgehead atoms. The van der Waals surface area contributed by atoms with E-state index >= 15 is 0 Å². The molecule has 5 nitrogen and oxygen atoms in total. The maximum absolute atomic E-state index is 12.3. The quantitative estimate of drug-likeness (QED) is 0.739. The number of amides is 1. The second kappa shape index (κ2) is 9.58. The monoisotopic (exact) mass is 380 g/mol. The number of carbonyl (C=O) groups is 1. The van der Waals surface area contributed by atoms with E-state index in [0.29, 0.717) is 12.2 Å². The highest BCUT2D eigenvalue weighted by molar-refractivity contribution is 5.93. The molecule has 0 aliphatic carbocycles. The van der Waals surface area contributed by atoms with Crippen LogP contribution in [0.2, 0.25) is 0 Å². The molecule has 1 saturated heterocycles. The van der Waals surface area contributed by atoms with E-state index in [4.69, 9.17) is 0 Å². The molecule has 2 heterocycles. The second-order valence-corrected chi connectivity index (χ2v) is 7.56. The van der Waals surface area contributed by atoms with Crippen LogP contribution in [0, 0.1) is 13.8 Å². The van der Waals surface area contributed by atoms with E-state index in [-0.39, 0.29) is 5.91 Å². The largest absolute Gasteiger partial charge is 0.368 e. The minimum absolute atomic E-state index is 0.0769. The van der Waals surface area contributed by atoms with Crippen LogP contribution >= 0.6 is 0 Å². The molecule has 1 N–H and O–H groups in total. The summed E-state index contributed by atoms with van der Waals surface area (Å²) in [5.41, 5.74) is 5.62. The summed E-state index contributed by atoms with van der Waals surface area (Å²) in [5.74, 6) is -0.0769. The molecule has 1 amide bonds. The number of nitrogens with one attached hydrogen (secondary N) is 1. The van der Waals surface area contributed by atoms with E-state index in [0.717, 1.165) is 51.1 Å². The first-order valence-corrected chi connectivity index (χ1v) is 10.4. The number of piperazine rings is 1. The normalized spacial score (nSPS) is 14.2. The van der Waals surface area contributed by atoms with Crippen LogP contribution in [0.4, 0.5) is 11.4 Å². The Balaban J connectivity index is 1.60. The van der Waals surface area contributed by atoms with Gasteiger partial charge in [-0.15, -0.1) is 0 Å². The average Bonchev–Trinajstić information content (AvgIpc) is 2.73. The van der Waals surface area contributed by atoms with Crippen LogP contribution in [-0.4, -0.2) is 43.6 Å². The molecule has 2 aromatic rings. The van der Waals surface area contributed by atoms with E-state index in [9.17, 15) is 4.79 Å². The summed E-state index contributed by atoms with van der Waals surface area (Å²) < 4.78 is 0. The molecule has 0 spiro atoms. The fourth-order valence-electron chi connectivity index (χ4n) is 3.69. The first-order valence-electron chi connectivity index (χ1n) is 10.4. The minimum atomic E-state index is -0.0769. The summed E-state index contributed by atoms with van der Waals surface area (Å²) in [5, 5.41) is 2.98. The second-order valence-electron chi connectivity index (χ2n) is 7.56. The Labute approximate surface area is 168 Å². The maximum atomic E-state index is 12.3. The molecule has 1 fully saturated rings. The van der Waals surface area contributed by atoms with Gasteiger partial charge in [0.05, 0.1) is 0 Å². The zero-order valence-electron chi connectivity index (χ0n) is 17.4. The van der Waals surface area contributed by atoms with Gasteiger partial charge in [-0.1, -0.05) is 31.9 Å². The number of unbranched alkanes of at least 4 members (excludes halogenated alkanes) is 2. The average molecular weight is 381 g/mol. The lowest BCUT2D eigenvalue weighted by Gasteiger charge is -2.38. The van der Waals surface area contributed by atoms with Gasteiger partial charge in [0.15, 0.2) is 0 Å². The summed E-state index contributed by atoms with van der Waals surface area (Å²) in [6, 6.07) is 10.4. The van der Waals surface area contributed by atoms with Gasteiger partial charge in [0.1, 0.15) is 5.69 Å². The smallest absolute Gasteiger partial charge is 0.269 e. The Hall–Kier alpha value is -2.56. The molecule has 150 valence electrons. The number of rotatable bonds is 7.